The van der Waals surface area contributed by atoms with Crippen LogP contribution in [0.3, 0.4) is 0 Å². The van der Waals surface area contributed by atoms with Gasteiger partial charge in [-0.25, -0.2) is 0 Å². The van der Waals surface area contributed by atoms with E-state index in [1.807, 2.05) is 0 Å². The maximum atomic E-state index is 13.0. The molecule has 0 heterocycles. The number of hydrogen-bond donors (Lipinski definition) is 0. The van der Waals surface area contributed by atoms with Gasteiger partial charge in [-0.1, -0.05) is 40.0 Å². The number of rotatable bonds is 43. The topological polar surface area (TPSA) is 78.9 Å². The molecule has 0 rings (SSSR count). The fourth-order valence-electron chi connectivity index (χ4n) is 6.36. The van der Waals surface area contributed by atoms with Crippen LogP contribution in [-0.4, -0.2) is 69.2 Å². The first-order valence-corrected chi connectivity index (χ1v) is 38.3. The van der Waals surface area contributed by atoms with Gasteiger partial charge in [0.1, 0.15) is 0 Å². The van der Waals surface area contributed by atoms with Gasteiger partial charge in [0.2, 0.25) is 0 Å². The van der Waals surface area contributed by atoms with E-state index in [2.05, 4.69) is 27.7 Å². The van der Waals surface area contributed by atoms with Crippen molar-refractivity contribution < 1.29 is 28.6 Å². The quantitative estimate of drug-likeness (QED) is 0.0257. The van der Waals surface area contributed by atoms with E-state index in [1.165, 1.54) is 141 Å². The second-order valence-electron chi connectivity index (χ2n) is 15.2. The molecule has 0 bridgehead atoms. The van der Waals surface area contributed by atoms with Gasteiger partial charge in [0.25, 0.3) is 0 Å². The average molecular weight is 926 g/mol. The Morgan fingerprint density at radius 1 is 0.333 bits per heavy atom. The summed E-state index contributed by atoms with van der Waals surface area (Å²) in [6.07, 6.45) is 36.2. The predicted molar refractivity (Wildman–Crippen MR) is 242 cm³/mol. The Morgan fingerprint density at radius 3 is 0.815 bits per heavy atom. The van der Waals surface area contributed by atoms with Crippen LogP contribution in [-0.2, 0) is 28.6 Å². The summed E-state index contributed by atoms with van der Waals surface area (Å²) in [4.78, 5) is 39.0. The van der Waals surface area contributed by atoms with Gasteiger partial charge < -0.3 is 0 Å². The van der Waals surface area contributed by atoms with Gasteiger partial charge in [-0.05, 0) is 0 Å². The molecule has 0 unspecified atom stereocenters. The van der Waals surface area contributed by atoms with E-state index in [9.17, 15) is 14.4 Å². The molecule has 0 fully saturated rings. The normalized spacial score (nSPS) is 11.6. The zero-order chi connectivity index (χ0) is 39.6. The van der Waals surface area contributed by atoms with Crippen LogP contribution in [0, 0.1) is 0 Å². The monoisotopic (exact) mass is 926 g/mol. The van der Waals surface area contributed by atoms with Gasteiger partial charge in [-0.3, -0.25) is 0 Å². The van der Waals surface area contributed by atoms with Crippen LogP contribution in [0.1, 0.15) is 220 Å². The van der Waals surface area contributed by atoms with Gasteiger partial charge in [-0.15, -0.1) is 0 Å². The van der Waals surface area contributed by atoms with E-state index >= 15 is 0 Å². The molecule has 0 atom stereocenters. The van der Waals surface area contributed by atoms with Crippen molar-refractivity contribution in [3.63, 3.8) is 0 Å². The first-order valence-electron chi connectivity index (χ1n) is 22.8. The molecule has 0 amide bonds. The number of esters is 3. The third-order valence-electron chi connectivity index (χ3n) is 9.85. The minimum absolute atomic E-state index is 0.164. The van der Waals surface area contributed by atoms with E-state index in [0.29, 0.717) is 37.1 Å². The fourth-order valence-corrected chi connectivity index (χ4v) is 39.8. The molecule has 0 radical (unpaired) electrons. The number of hydrogen-bond acceptors (Lipinski definition) is 9. The zero-order valence-electron chi connectivity index (χ0n) is 35.8. The predicted octanol–water partition coefficient (Wildman–Crippen LogP) is 14.5. The van der Waals surface area contributed by atoms with Gasteiger partial charge in [0, 0.05) is 0 Å². The van der Waals surface area contributed by atoms with Crippen LogP contribution in [0.2, 0.25) is 4.44 Å². The Labute approximate surface area is 347 Å². The second kappa shape index (κ2) is 42.9. The number of carbonyl (C=O) groups is 3. The van der Waals surface area contributed by atoms with E-state index in [0.717, 1.165) is 55.8 Å². The van der Waals surface area contributed by atoms with Crippen LogP contribution in [0.15, 0.2) is 0 Å². The summed E-state index contributed by atoms with van der Waals surface area (Å²) in [6, 6.07) is 0. The molecule has 0 aromatic heterocycles. The molecular formula is C44H86O6S3Sn. The minimum Gasteiger partial charge on any atom is -0.0654 e. The van der Waals surface area contributed by atoms with E-state index in [1.54, 1.807) is 26.8 Å². The molecule has 0 aromatic carbocycles. The first-order chi connectivity index (χ1) is 26.4. The molecule has 0 saturated carbocycles. The molecule has 10 heteroatoms. The Kier molecular flexibility index (Phi) is 43.1. The van der Waals surface area contributed by atoms with Gasteiger partial charge in [-0.2, -0.15) is 0 Å². The van der Waals surface area contributed by atoms with Crippen molar-refractivity contribution in [2.45, 2.75) is 225 Å². The molecule has 0 aliphatic heterocycles. The van der Waals surface area contributed by atoms with E-state index in [4.69, 9.17) is 14.2 Å². The Hall–Kier alpha value is 0.259. The van der Waals surface area contributed by atoms with Gasteiger partial charge in [0.05, 0.1) is 0 Å². The first kappa shape index (κ1) is 54.3. The van der Waals surface area contributed by atoms with Crippen LogP contribution < -0.4 is 0 Å². The SMILES string of the molecule is CCCCCCCCCCOC(=O)C[S][Sn]([CH2]CCCCCCC)([S]CC(=O)OCCCCCCCCCC)[S]CC(=O)OCCCCCCCCCC. The molecule has 0 saturated heterocycles. The number of unbranched alkanes of at least 4 members (excludes halogenated alkanes) is 26. The molecule has 54 heavy (non-hydrogen) atoms. The van der Waals surface area contributed by atoms with Crippen molar-refractivity contribution in [1.82, 2.24) is 0 Å². The third-order valence-corrected chi connectivity index (χ3v) is 48.4. The third kappa shape index (κ3) is 37.8. The van der Waals surface area contributed by atoms with E-state index < -0.39 is 14.2 Å². The molecular weight excluding hydrogens is 839 g/mol. The van der Waals surface area contributed by atoms with Crippen LogP contribution >= 0.6 is 26.8 Å². The van der Waals surface area contributed by atoms with Crippen molar-refractivity contribution in [3.05, 3.63) is 0 Å². The van der Waals surface area contributed by atoms with Crippen molar-refractivity contribution in [2.75, 3.05) is 37.1 Å². The molecule has 6 nitrogen and oxygen atoms in total. The zero-order valence-corrected chi connectivity index (χ0v) is 41.1. The Balaban J connectivity index is 5.19. The van der Waals surface area contributed by atoms with Gasteiger partial charge >= 0.3 is 309 Å². The standard InChI is InChI=1S/3C12H24O2S.C8H17.Sn/c3*1-2-3-4-5-6-7-8-9-10-14-12(13)11-15;1-3-5-7-8-6-4-2;/h3*15H,2-11H2,1H3;1,3-8H2,2H3;/q;;;;+3/p-3. The van der Waals surface area contributed by atoms with Crippen molar-refractivity contribution in [1.29, 1.82) is 0 Å². The number of ether oxygens (including phenoxy) is 3. The molecule has 0 aliphatic carbocycles. The summed E-state index contributed by atoms with van der Waals surface area (Å²) in [7, 11) is 5.22. The van der Waals surface area contributed by atoms with Crippen LogP contribution in [0.5, 0.6) is 0 Å². The van der Waals surface area contributed by atoms with Crippen LogP contribution in [0.25, 0.3) is 0 Å². The summed E-state index contributed by atoms with van der Waals surface area (Å²) < 4.78 is 18.1. The Bertz CT molecular complexity index is 756. The molecule has 320 valence electrons. The summed E-state index contributed by atoms with van der Waals surface area (Å²) in [6.45, 7) is 10.4. The number of carbonyl (C=O) groups excluding carboxylic acids is 3. The molecule has 0 spiro atoms. The smallest absolute Gasteiger partial charge is 0.0654 e. The Morgan fingerprint density at radius 2 is 0.556 bits per heavy atom. The summed E-state index contributed by atoms with van der Waals surface area (Å²) in [5.74, 6) is 0.393. The van der Waals surface area contributed by atoms with Crippen molar-refractivity contribution in [2.24, 2.45) is 0 Å². The van der Waals surface area contributed by atoms with Gasteiger partial charge in [0.15, 0.2) is 0 Å². The fraction of sp³-hybridized carbons (Fsp3) is 0.932. The van der Waals surface area contributed by atoms with Crippen LogP contribution in [0.4, 0.5) is 0 Å². The van der Waals surface area contributed by atoms with Crippen molar-refractivity contribution >= 4 is 59.0 Å². The molecule has 0 aliphatic rings. The van der Waals surface area contributed by atoms with Crippen molar-refractivity contribution in [3.8, 4) is 0 Å². The second-order valence-corrected chi connectivity index (χ2v) is 48.9. The summed E-state index contributed by atoms with van der Waals surface area (Å²) >= 11 is -3.40. The van der Waals surface area contributed by atoms with E-state index in [-0.39, 0.29) is 17.9 Å². The molecule has 0 N–H and O–H groups in total. The summed E-state index contributed by atoms with van der Waals surface area (Å²) in [5.41, 5.74) is 0. The molecule has 0 aromatic rings. The minimum atomic E-state index is -3.40. The average Bonchev–Trinajstić information content (AvgIpc) is 3.17. The maximum absolute atomic E-state index is 13.0. The summed E-state index contributed by atoms with van der Waals surface area (Å²) in [5, 5.41) is 0.